The van der Waals surface area contributed by atoms with Gasteiger partial charge in [-0.25, -0.2) is 0 Å². The van der Waals surface area contributed by atoms with Crippen LogP contribution in [0.5, 0.6) is 0 Å². The highest BCUT2D eigenvalue weighted by Gasteiger charge is 2.25. The summed E-state index contributed by atoms with van der Waals surface area (Å²) in [6.07, 6.45) is 6.48. The Labute approximate surface area is 141 Å². The minimum Gasteiger partial charge on any atom is -1.00 e. The Morgan fingerprint density at radius 3 is 2.62 bits per heavy atom. The average Bonchev–Trinajstić information content (AvgIpc) is 2.64. The summed E-state index contributed by atoms with van der Waals surface area (Å²) in [4.78, 5) is 0. The van der Waals surface area contributed by atoms with Crippen molar-refractivity contribution in [3.05, 3.63) is 46.0 Å². The van der Waals surface area contributed by atoms with E-state index in [-0.39, 0.29) is 17.8 Å². The van der Waals surface area contributed by atoms with Crippen LogP contribution in [0.2, 0.25) is 0 Å². The van der Waals surface area contributed by atoms with Crippen LogP contribution in [0.25, 0.3) is 16.3 Å². The second kappa shape index (κ2) is 6.12. The minimum atomic E-state index is 0. The molecule has 0 spiro atoms. The van der Waals surface area contributed by atoms with E-state index in [2.05, 4.69) is 61.9 Å². The first-order valence-corrected chi connectivity index (χ1v) is 8.08. The average molecular weight is 340 g/mol. The number of aryl methyl sites for hydroxylation is 1. The van der Waals surface area contributed by atoms with E-state index in [1.54, 1.807) is 0 Å². The lowest BCUT2D eigenvalue weighted by Gasteiger charge is -2.28. The maximum atomic E-state index is 6.30. The molecule has 1 aromatic heterocycles. The fourth-order valence-electron chi connectivity index (χ4n) is 2.87. The predicted molar refractivity (Wildman–Crippen MR) is 87.9 cm³/mol. The largest absolute Gasteiger partial charge is 1.00 e. The number of hydrogen-bond acceptors (Lipinski definition) is 1. The number of hydrogen-bond donors (Lipinski definition) is 0. The molecule has 21 heavy (non-hydrogen) atoms. The highest BCUT2D eigenvalue weighted by atomic mass is 35.5. The normalized spacial score (nSPS) is 19.4. The molecule has 1 aliphatic carbocycles. The van der Waals surface area contributed by atoms with Crippen molar-refractivity contribution in [3.8, 4) is 0 Å². The third kappa shape index (κ3) is 3.50. The zero-order chi connectivity index (χ0) is 14.3. The molecule has 0 saturated carbocycles. The number of benzene rings is 1. The van der Waals surface area contributed by atoms with Crippen molar-refractivity contribution in [2.24, 2.45) is 12.5 Å². The molecule has 2 aromatic rings. The highest BCUT2D eigenvalue weighted by Crippen LogP contribution is 2.40. The quantitative estimate of drug-likeness (QED) is 0.700. The van der Waals surface area contributed by atoms with Crippen molar-refractivity contribution in [3.63, 3.8) is 0 Å². The van der Waals surface area contributed by atoms with Crippen molar-refractivity contribution in [1.82, 2.24) is 0 Å². The first-order valence-electron chi connectivity index (χ1n) is 6.89. The van der Waals surface area contributed by atoms with E-state index < -0.39 is 0 Å². The highest BCUT2D eigenvalue weighted by molar-refractivity contribution is 7.18. The molecule has 0 bridgehead atoms. The van der Waals surface area contributed by atoms with Gasteiger partial charge in [0.1, 0.15) is 11.7 Å². The number of nitrogens with zero attached hydrogens (tertiary/aromatic N) is 1. The molecular formula is C17H19Cl2NS. The molecule has 112 valence electrons. The Hall–Kier alpha value is -0.830. The van der Waals surface area contributed by atoms with Crippen LogP contribution in [0.4, 0.5) is 0 Å². The molecule has 1 aromatic carbocycles. The van der Waals surface area contributed by atoms with Crippen LogP contribution in [0.3, 0.4) is 0 Å². The van der Waals surface area contributed by atoms with Gasteiger partial charge in [-0.05, 0) is 36.0 Å². The van der Waals surface area contributed by atoms with E-state index in [0.717, 1.165) is 17.9 Å². The van der Waals surface area contributed by atoms with Gasteiger partial charge in [-0.2, -0.15) is 4.57 Å². The molecule has 1 aliphatic rings. The number of halogens is 2. The van der Waals surface area contributed by atoms with E-state index in [9.17, 15) is 0 Å². The topological polar surface area (TPSA) is 3.88 Å². The van der Waals surface area contributed by atoms with E-state index in [1.165, 1.54) is 20.8 Å². The van der Waals surface area contributed by atoms with E-state index >= 15 is 0 Å². The summed E-state index contributed by atoms with van der Waals surface area (Å²) < 4.78 is 3.59. The maximum absolute atomic E-state index is 6.30. The molecule has 0 amide bonds. The van der Waals surface area contributed by atoms with Crippen LogP contribution in [0.1, 0.15) is 31.7 Å². The van der Waals surface area contributed by atoms with Crippen molar-refractivity contribution in [2.75, 3.05) is 0 Å². The van der Waals surface area contributed by atoms with Gasteiger partial charge in [0.2, 0.25) is 5.52 Å². The van der Waals surface area contributed by atoms with Gasteiger partial charge in [0.15, 0.2) is 0 Å². The first kappa shape index (κ1) is 16.5. The Balaban J connectivity index is 0.00000161. The van der Waals surface area contributed by atoms with Gasteiger partial charge in [0.05, 0.1) is 0 Å². The van der Waals surface area contributed by atoms with Gasteiger partial charge in [-0.15, -0.1) is 0 Å². The lowest BCUT2D eigenvalue weighted by molar-refractivity contribution is -0.642. The molecule has 0 N–H and O–H groups in total. The summed E-state index contributed by atoms with van der Waals surface area (Å²) in [6, 6.07) is 8.53. The maximum Gasteiger partial charge on any atom is 0.262 e. The van der Waals surface area contributed by atoms with Gasteiger partial charge < -0.3 is 12.4 Å². The Bertz CT molecular complexity index is 725. The number of para-hydroxylation sites is 1. The number of fused-ring (bicyclic) bond motifs is 1. The van der Waals surface area contributed by atoms with Gasteiger partial charge in [0, 0.05) is 17.2 Å². The second-order valence-corrected chi connectivity index (χ2v) is 7.84. The summed E-state index contributed by atoms with van der Waals surface area (Å²) in [6.45, 7) is 4.56. The second-order valence-electron chi connectivity index (χ2n) is 6.30. The molecule has 1 nitrogen and oxygen atoms in total. The van der Waals surface area contributed by atoms with Crippen LogP contribution < -0.4 is 17.0 Å². The number of rotatable bonds is 1. The molecule has 0 atom stereocenters. The Morgan fingerprint density at radius 1 is 1.24 bits per heavy atom. The van der Waals surface area contributed by atoms with Crippen molar-refractivity contribution < 1.29 is 17.0 Å². The van der Waals surface area contributed by atoms with Crippen molar-refractivity contribution >= 4 is 39.2 Å². The van der Waals surface area contributed by atoms with Crippen LogP contribution in [-0.2, 0) is 7.05 Å². The zero-order valence-electron chi connectivity index (χ0n) is 12.5. The van der Waals surface area contributed by atoms with Gasteiger partial charge in [-0.1, -0.05) is 48.9 Å². The van der Waals surface area contributed by atoms with Gasteiger partial charge in [-0.3, -0.25) is 0 Å². The minimum absolute atomic E-state index is 0. The van der Waals surface area contributed by atoms with Crippen LogP contribution in [-0.4, -0.2) is 0 Å². The summed E-state index contributed by atoms with van der Waals surface area (Å²) in [7, 11) is 2.13. The van der Waals surface area contributed by atoms with Crippen molar-refractivity contribution in [1.29, 1.82) is 0 Å². The lowest BCUT2D eigenvalue weighted by Crippen LogP contribution is -3.00. The predicted octanol–water partition coefficient (Wildman–Crippen LogP) is 2.06. The van der Waals surface area contributed by atoms with E-state index in [0.29, 0.717) is 0 Å². The van der Waals surface area contributed by atoms with Crippen molar-refractivity contribution in [2.45, 2.75) is 26.7 Å². The standard InChI is InChI=1S/C17H19ClNS.ClH/c1-17(2)10-12(8-13(18)11-17)9-16-19(3)14-6-4-5-7-15(14)20-16;/h4-9H,10-11H2,1-3H3;1H/q+1;/p-1/b12-9+;. The smallest absolute Gasteiger partial charge is 0.262 e. The fraction of sp³-hybridized carbons (Fsp3) is 0.353. The summed E-state index contributed by atoms with van der Waals surface area (Å²) in [5.41, 5.74) is 2.87. The number of allylic oxidation sites excluding steroid dienone is 3. The molecule has 0 unspecified atom stereocenters. The molecule has 0 saturated heterocycles. The molecule has 0 aliphatic heterocycles. The number of aromatic nitrogens is 1. The molecule has 4 heteroatoms. The van der Waals surface area contributed by atoms with E-state index in [1.807, 2.05) is 11.3 Å². The van der Waals surface area contributed by atoms with Crippen LogP contribution >= 0.6 is 22.9 Å². The summed E-state index contributed by atoms with van der Waals surface area (Å²) >= 11 is 8.13. The molecule has 3 rings (SSSR count). The zero-order valence-corrected chi connectivity index (χ0v) is 14.8. The fourth-order valence-corrected chi connectivity index (χ4v) is 4.50. The number of thiazole rings is 1. The molecule has 1 heterocycles. The Kier molecular flexibility index (Phi) is 4.82. The first-order chi connectivity index (χ1) is 9.44. The van der Waals surface area contributed by atoms with Gasteiger partial charge >= 0.3 is 0 Å². The summed E-state index contributed by atoms with van der Waals surface area (Å²) in [5.74, 6) is 0. The molecular weight excluding hydrogens is 321 g/mol. The van der Waals surface area contributed by atoms with Crippen LogP contribution in [0, 0.1) is 5.41 Å². The van der Waals surface area contributed by atoms with Gasteiger partial charge in [0.25, 0.3) is 5.01 Å². The summed E-state index contributed by atoms with van der Waals surface area (Å²) in [5, 5.41) is 2.25. The SMILES string of the molecule is C[n+]1c(/C=C2\C=C(Cl)CC(C)(C)C2)sc2ccccc21.[Cl-]. The van der Waals surface area contributed by atoms with E-state index in [4.69, 9.17) is 11.6 Å². The third-order valence-corrected chi connectivity index (χ3v) is 5.16. The monoisotopic (exact) mass is 339 g/mol. The third-order valence-electron chi connectivity index (χ3n) is 3.75. The van der Waals surface area contributed by atoms with Crippen LogP contribution in [0.15, 0.2) is 40.9 Å². The molecule has 0 fully saturated rings. The lowest BCUT2D eigenvalue weighted by atomic mass is 9.78. The Morgan fingerprint density at radius 2 is 1.95 bits per heavy atom. The molecule has 0 radical (unpaired) electrons.